The molecule has 0 spiro atoms. The van der Waals surface area contributed by atoms with Crippen molar-refractivity contribution in [3.05, 3.63) is 221 Å². The Labute approximate surface area is 531 Å². The van der Waals surface area contributed by atoms with Gasteiger partial charge in [0.25, 0.3) is 0 Å². The molecule has 468 valence electrons. The van der Waals surface area contributed by atoms with Crippen LogP contribution in [0.25, 0.3) is 33.8 Å². The van der Waals surface area contributed by atoms with Crippen LogP contribution in [0, 0.1) is 26.7 Å². The Hall–Kier alpha value is -10.5. The number of benzene rings is 3. The van der Waals surface area contributed by atoms with Crippen molar-refractivity contribution in [2.45, 2.75) is 99.3 Å². The Balaban J connectivity index is 0.000000194. The number of aryl methyl sites for hydroxylation is 6. The molecule has 0 aliphatic heterocycles. The second-order valence-corrected chi connectivity index (χ2v) is 21.7. The molecule has 9 rings (SSSR count). The van der Waals surface area contributed by atoms with Crippen LogP contribution in [0.5, 0.6) is 5.88 Å². The molecule has 0 unspecified atom stereocenters. The molecule has 0 fully saturated rings. The minimum Gasteiger partial charge on any atom is -0.481 e. The predicted octanol–water partition coefficient (Wildman–Crippen LogP) is 13.7. The number of methoxy groups -OCH3 is 1. The normalized spacial score (nSPS) is 10.6. The Bertz CT molecular complexity index is 3860. The van der Waals surface area contributed by atoms with E-state index in [-0.39, 0.29) is 41.5 Å². The summed E-state index contributed by atoms with van der Waals surface area (Å²) in [6.07, 6.45) is 13.1. The summed E-state index contributed by atoms with van der Waals surface area (Å²) in [5.41, 5.74) is 20.5. The molecule has 18 heteroatoms. The summed E-state index contributed by atoms with van der Waals surface area (Å²) in [6.45, 7) is 11.5. The zero-order valence-electron chi connectivity index (χ0n) is 53.3. The summed E-state index contributed by atoms with van der Waals surface area (Å²) in [6, 6.07) is 39.1. The molecule has 17 nitrogen and oxygen atoms in total. The van der Waals surface area contributed by atoms with Crippen molar-refractivity contribution >= 4 is 58.0 Å². The molecular formula is C73H77FN10O7. The van der Waals surface area contributed by atoms with Crippen LogP contribution in [-0.2, 0) is 33.6 Å². The number of nitrogens with zero attached hydrogens (tertiary/aromatic N) is 9. The number of hydrogen-bond donors (Lipinski definition) is 1. The molecule has 0 aliphatic carbocycles. The number of anilines is 4. The lowest BCUT2D eigenvalue weighted by atomic mass is 10.0. The van der Waals surface area contributed by atoms with Crippen molar-refractivity contribution in [2.24, 2.45) is 0 Å². The number of pyridine rings is 6. The van der Waals surface area contributed by atoms with Crippen LogP contribution in [0.15, 0.2) is 165 Å². The van der Waals surface area contributed by atoms with Crippen molar-refractivity contribution < 1.29 is 37.9 Å². The number of ether oxygens (including phenoxy) is 1. The van der Waals surface area contributed by atoms with Gasteiger partial charge in [-0.2, -0.15) is 4.39 Å². The zero-order valence-corrected chi connectivity index (χ0v) is 53.3. The van der Waals surface area contributed by atoms with E-state index in [0.717, 1.165) is 78.7 Å². The van der Waals surface area contributed by atoms with Gasteiger partial charge in [0.2, 0.25) is 29.5 Å². The summed E-state index contributed by atoms with van der Waals surface area (Å²) in [5, 5.41) is 0. The van der Waals surface area contributed by atoms with Crippen molar-refractivity contribution in [3.63, 3.8) is 0 Å². The predicted molar refractivity (Wildman–Crippen MR) is 356 cm³/mol. The summed E-state index contributed by atoms with van der Waals surface area (Å²) < 4.78 is 18.9. The summed E-state index contributed by atoms with van der Waals surface area (Å²) in [5.74, 6) is 0.606. The van der Waals surface area contributed by atoms with Gasteiger partial charge in [0.15, 0.2) is 17.3 Å². The molecule has 0 atom stereocenters. The number of ketones is 3. The van der Waals surface area contributed by atoms with Crippen LogP contribution in [-0.4, -0.2) is 93.2 Å². The zero-order chi connectivity index (χ0) is 65.7. The van der Waals surface area contributed by atoms with Gasteiger partial charge in [-0.3, -0.25) is 43.7 Å². The quantitative estimate of drug-likeness (QED) is 0.0492. The van der Waals surface area contributed by atoms with Gasteiger partial charge in [0, 0.05) is 158 Å². The molecule has 3 aromatic carbocycles. The fraction of sp³-hybridized carbons (Fsp3) is 0.260. The van der Waals surface area contributed by atoms with Crippen molar-refractivity contribution in [3.8, 4) is 39.7 Å². The van der Waals surface area contributed by atoms with E-state index in [1.165, 1.54) is 6.20 Å². The average molecular weight is 1230 g/mol. The number of nitrogens with two attached hydrogens (primary N) is 1. The highest BCUT2D eigenvalue weighted by Crippen LogP contribution is 2.30. The number of halogens is 1. The topological polar surface area (TPSA) is 225 Å². The molecule has 6 heterocycles. The molecule has 91 heavy (non-hydrogen) atoms. The average Bonchev–Trinajstić information content (AvgIpc) is 1.21. The van der Waals surface area contributed by atoms with Gasteiger partial charge < -0.3 is 25.2 Å². The number of nitrogen functional groups attached to an aromatic ring is 1. The lowest BCUT2D eigenvalue weighted by Gasteiger charge is -2.18. The minimum atomic E-state index is -0.538. The highest BCUT2D eigenvalue weighted by atomic mass is 19.1. The Morgan fingerprint density at radius 2 is 0.780 bits per heavy atom. The molecule has 0 bridgehead atoms. The summed E-state index contributed by atoms with van der Waals surface area (Å²) >= 11 is 0. The van der Waals surface area contributed by atoms with E-state index in [0.29, 0.717) is 85.3 Å². The first-order chi connectivity index (χ1) is 43.7. The van der Waals surface area contributed by atoms with Gasteiger partial charge in [-0.05, 0) is 153 Å². The SMILES string of the molecule is CCC(=O)N(C)c1ccc(-c2ccc(C(=O)CCc3cccnc3F)cn2)c(C)c1.CCC(=O)N(C)c1ccc(-c2ccc(C(=O)CCc3cccnc3N)cn2)c(C)c1.CCC(=O)N(C)c1ccc(-c2ccc(C(=O)CCc3cccnc3OC)cn2)c(C)c1. The van der Waals surface area contributed by atoms with E-state index >= 15 is 0 Å². The van der Waals surface area contributed by atoms with E-state index in [2.05, 4.69) is 29.9 Å². The molecule has 2 N–H and O–H groups in total. The van der Waals surface area contributed by atoms with Gasteiger partial charge in [-0.1, -0.05) is 57.2 Å². The fourth-order valence-corrected chi connectivity index (χ4v) is 9.97. The summed E-state index contributed by atoms with van der Waals surface area (Å²) in [7, 11) is 6.89. The number of aromatic nitrogens is 6. The highest BCUT2D eigenvalue weighted by molar-refractivity contribution is 5.98. The Morgan fingerprint density at radius 1 is 0.440 bits per heavy atom. The fourth-order valence-electron chi connectivity index (χ4n) is 9.97. The van der Waals surface area contributed by atoms with E-state index in [9.17, 15) is 33.2 Å². The number of hydrogen-bond acceptors (Lipinski definition) is 14. The van der Waals surface area contributed by atoms with Gasteiger partial charge in [-0.15, -0.1) is 0 Å². The maximum absolute atomic E-state index is 13.6. The van der Waals surface area contributed by atoms with Crippen LogP contribution in [0.4, 0.5) is 27.3 Å². The monoisotopic (exact) mass is 1220 g/mol. The first-order valence-corrected chi connectivity index (χ1v) is 30.1. The molecule has 0 saturated heterocycles. The standard InChI is InChI=1S/C25H27N3O3.C24H24FN3O2.C24H26N4O2/c1-5-24(30)28(3)20-10-11-21(17(2)15-20)22-12-8-19(16-27-22)23(29)13-9-18-7-6-14-26-25(18)31-4;2*1-4-23(30)28(3)19-9-10-20(16(2)14-19)21-11-7-18(15-27-21)22(29)12-8-17-6-5-13-26-24(17)25/h6-8,10-12,14-16H,5,9,13H2,1-4H3;5-7,9-11,13-15H,4,8,12H2,1-3H3;5-7,9-11,13-15H,4,8,12H2,1-3H3,(H2,25,26). The summed E-state index contributed by atoms with van der Waals surface area (Å²) in [4.78, 5) is 104. The number of Topliss-reactive ketones (excluding diaryl/α,β-unsaturated/α-hetero) is 3. The Kier molecular flexibility index (Phi) is 24.4. The molecule has 0 aliphatic rings. The molecule has 6 aromatic heterocycles. The smallest absolute Gasteiger partial charge is 0.226 e. The molecule has 9 aromatic rings. The highest BCUT2D eigenvalue weighted by Gasteiger charge is 2.18. The van der Waals surface area contributed by atoms with E-state index in [4.69, 9.17) is 10.5 Å². The number of rotatable bonds is 22. The third kappa shape index (κ3) is 18.1. The van der Waals surface area contributed by atoms with Crippen LogP contribution >= 0.6 is 0 Å². The van der Waals surface area contributed by atoms with Gasteiger partial charge in [0.05, 0.1) is 24.2 Å². The molecule has 0 saturated carbocycles. The van der Waals surface area contributed by atoms with Crippen molar-refractivity contribution in [1.82, 2.24) is 29.9 Å². The van der Waals surface area contributed by atoms with E-state index in [1.807, 2.05) is 139 Å². The number of carbonyl (C=O) groups is 6. The van der Waals surface area contributed by atoms with Crippen molar-refractivity contribution in [2.75, 3.05) is 48.7 Å². The third-order valence-corrected chi connectivity index (χ3v) is 15.6. The van der Waals surface area contributed by atoms with Crippen LogP contribution < -0.4 is 25.2 Å². The first kappa shape index (κ1) is 68.0. The minimum absolute atomic E-state index is 0.0177. The maximum atomic E-state index is 13.6. The third-order valence-electron chi connectivity index (χ3n) is 15.6. The van der Waals surface area contributed by atoms with Gasteiger partial charge >= 0.3 is 0 Å². The number of amides is 3. The van der Waals surface area contributed by atoms with E-state index < -0.39 is 5.95 Å². The lowest BCUT2D eigenvalue weighted by Crippen LogP contribution is -2.25. The second-order valence-electron chi connectivity index (χ2n) is 21.7. The van der Waals surface area contributed by atoms with Gasteiger partial charge in [0.1, 0.15) is 5.82 Å². The lowest BCUT2D eigenvalue weighted by molar-refractivity contribution is -0.118. The molecule has 0 radical (unpaired) electrons. The van der Waals surface area contributed by atoms with Crippen molar-refractivity contribution in [1.29, 1.82) is 0 Å². The molecular weight excluding hydrogens is 1150 g/mol. The molecule has 3 amide bonds. The van der Waals surface area contributed by atoms with Crippen LogP contribution in [0.3, 0.4) is 0 Å². The Morgan fingerprint density at radius 3 is 1.11 bits per heavy atom. The maximum Gasteiger partial charge on any atom is 0.226 e. The van der Waals surface area contributed by atoms with Gasteiger partial charge in [-0.25, -0.2) is 15.0 Å². The van der Waals surface area contributed by atoms with E-state index in [1.54, 1.807) is 104 Å². The second kappa shape index (κ2) is 32.7. The first-order valence-electron chi connectivity index (χ1n) is 30.1. The number of carbonyl (C=O) groups excluding carboxylic acids is 6. The largest absolute Gasteiger partial charge is 0.481 e. The van der Waals surface area contributed by atoms with Crippen LogP contribution in [0.1, 0.15) is 124 Å². The van der Waals surface area contributed by atoms with Crippen LogP contribution in [0.2, 0.25) is 0 Å².